The number of aliphatic imine (C=N–C) groups is 1. The molecule has 0 atom stereocenters. The molecule has 0 saturated carbocycles. The molecule has 0 aliphatic carbocycles. The highest BCUT2D eigenvalue weighted by Crippen LogP contribution is 2.29. The number of methoxy groups -OCH3 is 1. The summed E-state index contributed by atoms with van der Waals surface area (Å²) in [6.45, 7) is 4.47. The van der Waals surface area contributed by atoms with Crippen LogP contribution >= 0.6 is 0 Å². The molecule has 9 heteroatoms. The van der Waals surface area contributed by atoms with Crippen molar-refractivity contribution in [2.24, 2.45) is 4.99 Å². The predicted molar refractivity (Wildman–Crippen MR) is 143 cm³/mol. The molecule has 0 saturated heterocycles. The highest BCUT2D eigenvalue weighted by molar-refractivity contribution is 6.13. The Kier molecular flexibility index (Phi) is 6.12. The fourth-order valence-electron chi connectivity index (χ4n) is 4.24. The Morgan fingerprint density at radius 2 is 1.92 bits per heavy atom. The number of carbonyl (C=O) groups excluding carboxylic acids is 2. The van der Waals surface area contributed by atoms with E-state index in [4.69, 9.17) is 9.47 Å². The van der Waals surface area contributed by atoms with Crippen LogP contribution in [0, 0.1) is 0 Å². The summed E-state index contributed by atoms with van der Waals surface area (Å²) in [5.74, 6) is 0.155. The second kappa shape index (κ2) is 9.42. The number of imidazole rings is 1. The van der Waals surface area contributed by atoms with Crippen LogP contribution in [-0.2, 0) is 4.74 Å². The van der Waals surface area contributed by atoms with Crippen LogP contribution in [0.15, 0.2) is 72.0 Å². The molecular weight excluding hydrogens is 470 g/mol. The van der Waals surface area contributed by atoms with Crippen LogP contribution in [0.2, 0.25) is 0 Å². The van der Waals surface area contributed by atoms with Gasteiger partial charge in [-0.05, 0) is 56.3 Å². The molecule has 0 fully saturated rings. The first-order valence-electron chi connectivity index (χ1n) is 11.8. The lowest BCUT2D eigenvalue weighted by molar-refractivity contribution is 0.0988. The SMILES string of the molecule is COc1cc(C(=O)N(C)c2ccccc2C2=NC(C)(C)CO2)ccc1C(=O)Nc1cccc2[nH]cnc12. The van der Waals surface area contributed by atoms with E-state index in [1.807, 2.05) is 50.2 Å². The first-order chi connectivity index (χ1) is 17.8. The normalized spacial score (nSPS) is 14.1. The number of aromatic amines is 1. The number of hydrogen-bond donors (Lipinski definition) is 2. The minimum Gasteiger partial charge on any atom is -0.496 e. The van der Waals surface area contributed by atoms with Gasteiger partial charge in [0.05, 0.1) is 47.0 Å². The van der Waals surface area contributed by atoms with Crippen LogP contribution in [0.25, 0.3) is 11.0 Å². The molecule has 1 aliphatic rings. The highest BCUT2D eigenvalue weighted by atomic mass is 16.5. The molecule has 0 radical (unpaired) electrons. The molecule has 5 rings (SSSR count). The molecule has 4 aromatic rings. The lowest BCUT2D eigenvalue weighted by Gasteiger charge is -2.21. The Balaban J connectivity index is 1.41. The lowest BCUT2D eigenvalue weighted by Crippen LogP contribution is -2.28. The van der Waals surface area contributed by atoms with Crippen molar-refractivity contribution in [1.29, 1.82) is 0 Å². The number of H-pyrrole nitrogens is 1. The van der Waals surface area contributed by atoms with E-state index >= 15 is 0 Å². The van der Waals surface area contributed by atoms with E-state index in [2.05, 4.69) is 20.3 Å². The minimum atomic E-state index is -0.371. The average molecular weight is 498 g/mol. The molecule has 0 bridgehead atoms. The lowest BCUT2D eigenvalue weighted by atomic mass is 10.1. The zero-order valence-corrected chi connectivity index (χ0v) is 21.0. The molecule has 37 heavy (non-hydrogen) atoms. The van der Waals surface area contributed by atoms with Crippen LogP contribution in [-0.4, -0.2) is 54.0 Å². The number of rotatable bonds is 6. The van der Waals surface area contributed by atoms with Gasteiger partial charge in [0.15, 0.2) is 0 Å². The Morgan fingerprint density at radius 3 is 2.68 bits per heavy atom. The van der Waals surface area contributed by atoms with Crippen molar-refractivity contribution in [1.82, 2.24) is 9.97 Å². The van der Waals surface area contributed by atoms with E-state index < -0.39 is 0 Å². The summed E-state index contributed by atoms with van der Waals surface area (Å²) in [5, 5.41) is 2.88. The Hall–Kier alpha value is -4.66. The maximum absolute atomic E-state index is 13.5. The molecule has 0 spiro atoms. The quantitative estimate of drug-likeness (QED) is 0.403. The molecule has 2 heterocycles. The molecule has 0 unspecified atom stereocenters. The van der Waals surface area contributed by atoms with Crippen molar-refractivity contribution in [2.45, 2.75) is 19.4 Å². The van der Waals surface area contributed by atoms with E-state index in [1.165, 1.54) is 7.11 Å². The molecule has 2 N–H and O–H groups in total. The van der Waals surface area contributed by atoms with Gasteiger partial charge in [0.1, 0.15) is 17.9 Å². The topological polar surface area (TPSA) is 109 Å². The molecule has 9 nitrogen and oxygen atoms in total. The Labute approximate surface area is 214 Å². The summed E-state index contributed by atoms with van der Waals surface area (Å²) in [6, 6.07) is 17.7. The van der Waals surface area contributed by atoms with Crippen LogP contribution in [0.5, 0.6) is 5.75 Å². The van der Waals surface area contributed by atoms with Crippen molar-refractivity contribution in [3.63, 3.8) is 0 Å². The Morgan fingerprint density at radius 1 is 1.11 bits per heavy atom. The van der Waals surface area contributed by atoms with Gasteiger partial charge in [0.25, 0.3) is 11.8 Å². The number of nitrogens with zero attached hydrogens (tertiary/aromatic N) is 3. The smallest absolute Gasteiger partial charge is 0.259 e. The van der Waals surface area contributed by atoms with Gasteiger partial charge in [-0.2, -0.15) is 0 Å². The molecule has 1 aromatic heterocycles. The number of amides is 2. The third-order valence-electron chi connectivity index (χ3n) is 6.16. The average Bonchev–Trinajstić information content (AvgIpc) is 3.54. The Bertz CT molecular complexity index is 1540. The summed E-state index contributed by atoms with van der Waals surface area (Å²) in [4.78, 5) is 40.1. The van der Waals surface area contributed by atoms with E-state index in [1.54, 1.807) is 42.5 Å². The number of aromatic nitrogens is 2. The van der Waals surface area contributed by atoms with Gasteiger partial charge in [0.2, 0.25) is 5.90 Å². The van der Waals surface area contributed by atoms with Gasteiger partial charge < -0.3 is 24.7 Å². The van der Waals surface area contributed by atoms with Crippen molar-refractivity contribution >= 4 is 40.1 Å². The summed E-state index contributed by atoms with van der Waals surface area (Å²) >= 11 is 0. The van der Waals surface area contributed by atoms with Gasteiger partial charge in [-0.25, -0.2) is 9.98 Å². The van der Waals surface area contributed by atoms with Crippen molar-refractivity contribution < 1.29 is 19.1 Å². The summed E-state index contributed by atoms with van der Waals surface area (Å²) < 4.78 is 11.3. The fraction of sp³-hybridized carbons (Fsp3) is 0.214. The molecule has 1 aliphatic heterocycles. The standard InChI is InChI=1S/C28H27N5O4/c1-28(2)15-37-26(32-28)18-8-5-6-11-22(18)33(3)27(35)17-12-13-19(23(14-17)36-4)25(34)31-21-10-7-9-20-24(21)30-16-29-20/h5-14,16H,15H2,1-4H3,(H,29,30)(H,31,34). The van der Waals surface area contributed by atoms with Gasteiger partial charge in [-0.15, -0.1) is 0 Å². The van der Waals surface area contributed by atoms with Crippen molar-refractivity contribution in [3.8, 4) is 5.75 Å². The molecular formula is C28H27N5O4. The van der Waals surface area contributed by atoms with Crippen LogP contribution < -0.4 is 15.0 Å². The zero-order chi connectivity index (χ0) is 26.2. The van der Waals surface area contributed by atoms with E-state index in [0.29, 0.717) is 40.5 Å². The third-order valence-corrected chi connectivity index (χ3v) is 6.16. The van der Waals surface area contributed by atoms with Crippen molar-refractivity contribution in [2.75, 3.05) is 31.0 Å². The number of ether oxygens (including phenoxy) is 2. The van der Waals surface area contributed by atoms with E-state index in [-0.39, 0.29) is 23.1 Å². The maximum atomic E-state index is 13.5. The maximum Gasteiger partial charge on any atom is 0.259 e. The molecule has 3 aromatic carbocycles. The predicted octanol–water partition coefficient (Wildman–Crippen LogP) is 4.66. The number of carbonyl (C=O) groups is 2. The van der Waals surface area contributed by atoms with E-state index in [9.17, 15) is 9.59 Å². The van der Waals surface area contributed by atoms with Crippen LogP contribution in [0.1, 0.15) is 40.1 Å². The number of fused-ring (bicyclic) bond motifs is 1. The summed E-state index contributed by atoms with van der Waals surface area (Å²) in [5.41, 5.74) is 3.78. The third kappa shape index (κ3) is 4.63. The first kappa shape index (κ1) is 24.1. The zero-order valence-electron chi connectivity index (χ0n) is 21.0. The number of para-hydroxylation sites is 2. The van der Waals surface area contributed by atoms with Crippen LogP contribution in [0.4, 0.5) is 11.4 Å². The largest absolute Gasteiger partial charge is 0.496 e. The molecule has 188 valence electrons. The second-order valence-electron chi connectivity index (χ2n) is 9.37. The number of anilines is 2. The van der Waals surface area contributed by atoms with E-state index in [0.717, 1.165) is 11.1 Å². The van der Waals surface area contributed by atoms with Gasteiger partial charge in [-0.3, -0.25) is 9.59 Å². The fourth-order valence-corrected chi connectivity index (χ4v) is 4.24. The van der Waals surface area contributed by atoms with Gasteiger partial charge >= 0.3 is 0 Å². The monoisotopic (exact) mass is 497 g/mol. The second-order valence-corrected chi connectivity index (χ2v) is 9.37. The highest BCUT2D eigenvalue weighted by Gasteiger charge is 2.29. The summed E-state index contributed by atoms with van der Waals surface area (Å²) in [7, 11) is 3.16. The van der Waals surface area contributed by atoms with Gasteiger partial charge in [-0.1, -0.05) is 18.2 Å². The number of benzene rings is 3. The first-order valence-corrected chi connectivity index (χ1v) is 11.8. The van der Waals surface area contributed by atoms with Gasteiger partial charge in [0, 0.05) is 12.6 Å². The molecule has 2 amide bonds. The minimum absolute atomic E-state index is 0.267. The number of nitrogens with one attached hydrogen (secondary N) is 2. The van der Waals surface area contributed by atoms with Crippen LogP contribution in [0.3, 0.4) is 0 Å². The number of hydrogen-bond acceptors (Lipinski definition) is 6. The summed E-state index contributed by atoms with van der Waals surface area (Å²) in [6.07, 6.45) is 1.57. The van der Waals surface area contributed by atoms with Crippen molar-refractivity contribution in [3.05, 3.63) is 83.7 Å².